The number of amides is 2. The summed E-state index contributed by atoms with van der Waals surface area (Å²) in [6, 6.07) is 16.7. The van der Waals surface area contributed by atoms with Gasteiger partial charge in [-0.15, -0.1) is 10.2 Å². The van der Waals surface area contributed by atoms with Crippen LogP contribution in [0.3, 0.4) is 0 Å². The van der Waals surface area contributed by atoms with Gasteiger partial charge in [0.1, 0.15) is 0 Å². The summed E-state index contributed by atoms with van der Waals surface area (Å²) in [5, 5.41) is 13.0. The molecule has 1 heterocycles. The summed E-state index contributed by atoms with van der Waals surface area (Å²) in [6.07, 6.45) is 1.27. The van der Waals surface area contributed by atoms with Crippen molar-refractivity contribution in [3.05, 3.63) is 66.6 Å². The van der Waals surface area contributed by atoms with Crippen LogP contribution in [-0.4, -0.2) is 16.2 Å². The molecule has 0 unspecified atom stereocenters. The van der Waals surface area contributed by atoms with Gasteiger partial charge in [0.2, 0.25) is 12.3 Å². The smallest absolute Gasteiger partial charge is 0.319 e. The van der Waals surface area contributed by atoms with E-state index < -0.39 is 0 Å². The Hall–Kier alpha value is -3.15. The zero-order valence-electron chi connectivity index (χ0n) is 11.7. The van der Waals surface area contributed by atoms with E-state index >= 15 is 0 Å². The molecule has 22 heavy (non-hydrogen) atoms. The second kappa shape index (κ2) is 6.53. The summed E-state index contributed by atoms with van der Waals surface area (Å²) >= 11 is 0. The molecular weight excluding hydrogens is 280 g/mol. The first-order valence-corrected chi connectivity index (χ1v) is 6.76. The maximum Gasteiger partial charge on any atom is 0.319 e. The molecule has 0 atom stereocenters. The Morgan fingerprint density at radius 2 is 1.95 bits per heavy atom. The van der Waals surface area contributed by atoms with E-state index in [0.29, 0.717) is 18.1 Å². The third-order valence-electron chi connectivity index (χ3n) is 3.02. The van der Waals surface area contributed by atoms with Crippen LogP contribution in [0.25, 0.3) is 11.5 Å². The van der Waals surface area contributed by atoms with Crippen LogP contribution in [0.15, 0.2) is 65.4 Å². The van der Waals surface area contributed by atoms with Crippen LogP contribution in [0.2, 0.25) is 0 Å². The number of hydrogen-bond donors (Lipinski definition) is 2. The third kappa shape index (κ3) is 3.49. The molecule has 0 saturated heterocycles. The Bertz CT molecular complexity index is 742. The van der Waals surface area contributed by atoms with Gasteiger partial charge in [-0.3, -0.25) is 0 Å². The van der Waals surface area contributed by atoms with E-state index in [1.54, 1.807) is 12.1 Å². The Labute approximate surface area is 127 Å². The molecule has 6 heteroatoms. The molecule has 0 aliphatic carbocycles. The molecule has 2 amide bonds. The van der Waals surface area contributed by atoms with Crippen LogP contribution in [0, 0.1) is 0 Å². The molecule has 3 rings (SSSR count). The van der Waals surface area contributed by atoms with Gasteiger partial charge in [-0.05, 0) is 23.8 Å². The Morgan fingerprint density at radius 1 is 1.09 bits per heavy atom. The van der Waals surface area contributed by atoms with Crippen molar-refractivity contribution < 1.29 is 9.21 Å². The SMILES string of the molecule is O=C(NCc1ccccc1)Nc1cccc(-c2nnco2)c1. The summed E-state index contributed by atoms with van der Waals surface area (Å²) in [6.45, 7) is 0.468. The van der Waals surface area contributed by atoms with Gasteiger partial charge in [-0.25, -0.2) is 4.79 Å². The largest absolute Gasteiger partial charge is 0.423 e. The van der Waals surface area contributed by atoms with Crippen molar-refractivity contribution >= 4 is 11.7 Å². The maximum atomic E-state index is 11.9. The first-order chi connectivity index (χ1) is 10.8. The highest BCUT2D eigenvalue weighted by molar-refractivity contribution is 5.89. The van der Waals surface area contributed by atoms with Crippen LogP contribution in [0.5, 0.6) is 0 Å². The van der Waals surface area contributed by atoms with Crippen molar-refractivity contribution in [2.45, 2.75) is 6.54 Å². The molecule has 2 aromatic carbocycles. The molecule has 2 N–H and O–H groups in total. The summed E-state index contributed by atoms with van der Waals surface area (Å²) in [7, 11) is 0. The highest BCUT2D eigenvalue weighted by Gasteiger charge is 2.06. The molecule has 0 spiro atoms. The van der Waals surface area contributed by atoms with Gasteiger partial charge >= 0.3 is 6.03 Å². The van der Waals surface area contributed by atoms with E-state index in [4.69, 9.17) is 4.42 Å². The molecule has 0 radical (unpaired) electrons. The second-order valence-corrected chi connectivity index (χ2v) is 4.62. The normalized spacial score (nSPS) is 10.2. The van der Waals surface area contributed by atoms with Crippen LogP contribution in [-0.2, 0) is 6.54 Å². The molecule has 0 saturated carbocycles. The zero-order chi connectivity index (χ0) is 15.2. The minimum atomic E-state index is -0.272. The van der Waals surface area contributed by atoms with E-state index in [9.17, 15) is 4.79 Å². The summed E-state index contributed by atoms with van der Waals surface area (Å²) < 4.78 is 5.13. The van der Waals surface area contributed by atoms with Crippen LogP contribution >= 0.6 is 0 Å². The fourth-order valence-corrected chi connectivity index (χ4v) is 1.98. The number of carbonyl (C=O) groups is 1. The second-order valence-electron chi connectivity index (χ2n) is 4.62. The fourth-order valence-electron chi connectivity index (χ4n) is 1.98. The third-order valence-corrected chi connectivity index (χ3v) is 3.02. The van der Waals surface area contributed by atoms with Crippen molar-refractivity contribution in [2.24, 2.45) is 0 Å². The van der Waals surface area contributed by atoms with Gasteiger partial charge in [0.05, 0.1) is 0 Å². The lowest BCUT2D eigenvalue weighted by molar-refractivity contribution is 0.251. The highest BCUT2D eigenvalue weighted by Crippen LogP contribution is 2.20. The van der Waals surface area contributed by atoms with Crippen LogP contribution in [0.4, 0.5) is 10.5 Å². The number of hydrogen-bond acceptors (Lipinski definition) is 4. The van der Waals surface area contributed by atoms with E-state index in [0.717, 1.165) is 11.1 Å². The summed E-state index contributed by atoms with van der Waals surface area (Å²) in [5.74, 6) is 0.411. The first-order valence-electron chi connectivity index (χ1n) is 6.76. The predicted molar refractivity (Wildman–Crippen MR) is 82.0 cm³/mol. The zero-order valence-corrected chi connectivity index (χ0v) is 11.7. The predicted octanol–water partition coefficient (Wildman–Crippen LogP) is 3.06. The van der Waals surface area contributed by atoms with Gasteiger partial charge in [0.25, 0.3) is 0 Å². The average Bonchev–Trinajstić information content (AvgIpc) is 3.09. The molecule has 110 valence electrons. The number of aromatic nitrogens is 2. The number of rotatable bonds is 4. The van der Waals surface area contributed by atoms with Crippen molar-refractivity contribution in [1.82, 2.24) is 15.5 Å². The lowest BCUT2D eigenvalue weighted by Crippen LogP contribution is -2.28. The lowest BCUT2D eigenvalue weighted by Gasteiger charge is -2.08. The minimum absolute atomic E-state index is 0.272. The molecule has 0 aliphatic heterocycles. The molecule has 0 bridgehead atoms. The molecule has 6 nitrogen and oxygen atoms in total. The maximum absolute atomic E-state index is 11.9. The van der Waals surface area contributed by atoms with Crippen molar-refractivity contribution in [3.8, 4) is 11.5 Å². The molecule has 3 aromatic rings. The number of benzene rings is 2. The van der Waals surface area contributed by atoms with Gasteiger partial charge in [0.15, 0.2) is 0 Å². The Kier molecular flexibility index (Phi) is 4.10. The number of anilines is 1. The molecular formula is C16H14N4O2. The summed E-state index contributed by atoms with van der Waals surface area (Å²) in [5.41, 5.74) is 2.44. The first kappa shape index (κ1) is 13.8. The highest BCUT2D eigenvalue weighted by atomic mass is 16.4. The van der Waals surface area contributed by atoms with Crippen molar-refractivity contribution in [1.29, 1.82) is 0 Å². The van der Waals surface area contributed by atoms with Gasteiger partial charge < -0.3 is 15.1 Å². The van der Waals surface area contributed by atoms with Crippen molar-refractivity contribution in [2.75, 3.05) is 5.32 Å². The summed E-state index contributed by atoms with van der Waals surface area (Å²) in [4.78, 5) is 11.9. The number of urea groups is 1. The topological polar surface area (TPSA) is 80.0 Å². The number of nitrogens with zero attached hydrogens (tertiary/aromatic N) is 2. The molecule has 1 aromatic heterocycles. The number of nitrogens with one attached hydrogen (secondary N) is 2. The average molecular weight is 294 g/mol. The van der Waals surface area contributed by atoms with Gasteiger partial charge in [-0.2, -0.15) is 0 Å². The monoisotopic (exact) mass is 294 g/mol. The van der Waals surface area contributed by atoms with E-state index in [2.05, 4.69) is 20.8 Å². The Balaban J connectivity index is 1.61. The quantitative estimate of drug-likeness (QED) is 0.775. The van der Waals surface area contributed by atoms with Gasteiger partial charge in [0, 0.05) is 17.8 Å². The Morgan fingerprint density at radius 3 is 2.73 bits per heavy atom. The van der Waals surface area contributed by atoms with Crippen LogP contribution < -0.4 is 10.6 Å². The fraction of sp³-hybridized carbons (Fsp3) is 0.0625. The van der Waals surface area contributed by atoms with Crippen molar-refractivity contribution in [3.63, 3.8) is 0 Å². The molecule has 0 aliphatic rings. The lowest BCUT2D eigenvalue weighted by atomic mass is 10.2. The van der Waals surface area contributed by atoms with Crippen LogP contribution in [0.1, 0.15) is 5.56 Å². The number of carbonyl (C=O) groups excluding carboxylic acids is 1. The van der Waals surface area contributed by atoms with E-state index in [-0.39, 0.29) is 6.03 Å². The van der Waals surface area contributed by atoms with Gasteiger partial charge in [-0.1, -0.05) is 36.4 Å². The molecule has 0 fully saturated rings. The van der Waals surface area contributed by atoms with E-state index in [1.165, 1.54) is 6.39 Å². The van der Waals surface area contributed by atoms with E-state index in [1.807, 2.05) is 42.5 Å². The minimum Gasteiger partial charge on any atom is -0.423 e. The standard InChI is InChI=1S/C16H14N4O2/c21-16(17-10-12-5-2-1-3-6-12)19-14-8-4-7-13(9-14)15-20-18-11-22-15/h1-9,11H,10H2,(H2,17,19,21).